The van der Waals surface area contributed by atoms with Crippen LogP contribution in [0.5, 0.6) is 5.75 Å². The van der Waals surface area contributed by atoms with Crippen LogP contribution in [0, 0.1) is 10.1 Å². The molecule has 0 saturated heterocycles. The Balaban J connectivity index is 1.53. The number of rotatable bonds is 8. The van der Waals surface area contributed by atoms with Crippen LogP contribution < -0.4 is 15.5 Å². The molecule has 1 heterocycles. The zero-order valence-electron chi connectivity index (χ0n) is 16.1. The molecule has 1 aromatic heterocycles. The molecule has 11 nitrogen and oxygen atoms in total. The molecule has 0 radical (unpaired) electrons. The maximum atomic E-state index is 12.2. The Bertz CT molecular complexity index is 1130. The van der Waals surface area contributed by atoms with Crippen LogP contribution in [0.1, 0.15) is 20.9 Å². The van der Waals surface area contributed by atoms with Gasteiger partial charge in [-0.25, -0.2) is 5.43 Å². The fraction of sp³-hybridized carbons (Fsp3) is 0.105. The summed E-state index contributed by atoms with van der Waals surface area (Å²) < 4.78 is 5.20. The molecule has 3 aromatic rings. The normalized spacial score (nSPS) is 10.6. The summed E-state index contributed by atoms with van der Waals surface area (Å²) in [5.74, 6) is -0.281. The molecule has 3 rings (SSSR count). The fourth-order valence-corrected chi connectivity index (χ4v) is 3.14. The van der Waals surface area contributed by atoms with Crippen LogP contribution >= 0.6 is 11.3 Å². The third kappa shape index (κ3) is 5.90. The van der Waals surface area contributed by atoms with Gasteiger partial charge in [0.05, 0.1) is 24.7 Å². The highest BCUT2D eigenvalue weighted by Gasteiger charge is 2.14. The highest BCUT2D eigenvalue weighted by atomic mass is 32.1. The molecule has 31 heavy (non-hydrogen) atoms. The number of non-ortho nitro benzene ring substituents is 1. The first-order chi connectivity index (χ1) is 15.0. The minimum atomic E-state index is -0.551. The van der Waals surface area contributed by atoms with Crippen LogP contribution in [-0.4, -0.2) is 40.3 Å². The van der Waals surface area contributed by atoms with E-state index in [0.717, 1.165) is 11.3 Å². The van der Waals surface area contributed by atoms with Gasteiger partial charge in [0.25, 0.3) is 11.6 Å². The minimum Gasteiger partial charge on any atom is -0.496 e. The van der Waals surface area contributed by atoms with Gasteiger partial charge in [-0.3, -0.25) is 25.0 Å². The summed E-state index contributed by atoms with van der Waals surface area (Å²) in [6, 6.07) is 12.3. The van der Waals surface area contributed by atoms with Crippen LogP contribution in [0.4, 0.5) is 10.8 Å². The molecule has 0 aliphatic heterocycles. The standard InChI is InChI=1S/C19H16N6O5S/c1-30-15-5-3-2-4-13(15)11-20-22-16(26)10-17-23-24-19(31-17)21-18(27)12-6-8-14(9-7-12)25(28)29/h2-9,11H,10H2,1H3,(H,22,26)(H,21,24,27). The average Bonchev–Trinajstić information content (AvgIpc) is 3.20. The second kappa shape index (κ2) is 10.0. The van der Waals surface area contributed by atoms with E-state index in [9.17, 15) is 19.7 Å². The smallest absolute Gasteiger partial charge is 0.269 e. The molecular weight excluding hydrogens is 424 g/mol. The monoisotopic (exact) mass is 440 g/mol. The lowest BCUT2D eigenvalue weighted by atomic mass is 10.2. The molecule has 12 heteroatoms. The van der Waals surface area contributed by atoms with Gasteiger partial charge < -0.3 is 4.74 Å². The highest BCUT2D eigenvalue weighted by Crippen LogP contribution is 2.18. The van der Waals surface area contributed by atoms with Gasteiger partial charge in [-0.15, -0.1) is 10.2 Å². The first-order valence-electron chi connectivity index (χ1n) is 8.79. The van der Waals surface area contributed by atoms with Gasteiger partial charge in [-0.2, -0.15) is 5.10 Å². The van der Waals surface area contributed by atoms with E-state index in [2.05, 4.69) is 26.0 Å². The predicted octanol–water partition coefficient (Wildman–Crippen LogP) is 2.40. The van der Waals surface area contributed by atoms with Crippen molar-refractivity contribution >= 4 is 40.2 Å². The van der Waals surface area contributed by atoms with E-state index >= 15 is 0 Å². The zero-order valence-corrected chi connectivity index (χ0v) is 17.0. The number of carbonyl (C=O) groups is 2. The van der Waals surface area contributed by atoms with E-state index in [0.29, 0.717) is 16.3 Å². The number of nitro groups is 1. The first kappa shape index (κ1) is 21.5. The maximum absolute atomic E-state index is 12.2. The summed E-state index contributed by atoms with van der Waals surface area (Å²) in [6.07, 6.45) is 1.39. The van der Waals surface area contributed by atoms with Crippen LogP contribution in [0.25, 0.3) is 0 Å². The number of hydrogen-bond donors (Lipinski definition) is 2. The SMILES string of the molecule is COc1ccccc1C=NNC(=O)Cc1nnc(NC(=O)c2ccc([N+](=O)[O-])cc2)s1. The molecule has 0 saturated carbocycles. The van der Waals surface area contributed by atoms with E-state index in [-0.39, 0.29) is 22.8 Å². The number of hydrazone groups is 1. The van der Waals surface area contributed by atoms with Crippen LogP contribution in [0.2, 0.25) is 0 Å². The Hall–Kier alpha value is -4.19. The Labute approximate surface area is 179 Å². The number of carbonyl (C=O) groups excluding carboxylic acids is 2. The van der Waals surface area contributed by atoms with Crippen LogP contribution in [0.3, 0.4) is 0 Å². The second-order valence-electron chi connectivity index (χ2n) is 5.97. The number of nitro benzene ring substituents is 1. The summed E-state index contributed by atoms with van der Waals surface area (Å²) in [5.41, 5.74) is 3.21. The molecule has 0 aliphatic carbocycles. The van der Waals surface area contributed by atoms with E-state index in [1.54, 1.807) is 19.2 Å². The van der Waals surface area contributed by atoms with Gasteiger partial charge in [-0.1, -0.05) is 23.5 Å². The third-order valence-corrected chi connectivity index (χ3v) is 4.71. The Morgan fingerprint density at radius 1 is 1.19 bits per heavy atom. The molecule has 2 N–H and O–H groups in total. The number of anilines is 1. The Morgan fingerprint density at radius 3 is 2.65 bits per heavy atom. The van der Waals surface area contributed by atoms with Crippen molar-refractivity contribution in [3.8, 4) is 5.75 Å². The number of hydrogen-bond acceptors (Lipinski definition) is 9. The second-order valence-corrected chi connectivity index (χ2v) is 7.03. The number of benzene rings is 2. The van der Waals surface area contributed by atoms with E-state index in [4.69, 9.17) is 4.74 Å². The number of nitrogens with zero attached hydrogens (tertiary/aromatic N) is 4. The quantitative estimate of drug-likeness (QED) is 0.310. The molecule has 2 aromatic carbocycles. The highest BCUT2D eigenvalue weighted by molar-refractivity contribution is 7.15. The summed E-state index contributed by atoms with van der Waals surface area (Å²) >= 11 is 1.03. The number of aromatic nitrogens is 2. The van der Waals surface area contributed by atoms with Crippen molar-refractivity contribution < 1.29 is 19.2 Å². The average molecular weight is 440 g/mol. The first-order valence-corrected chi connectivity index (χ1v) is 9.61. The van der Waals surface area contributed by atoms with Crippen molar-refractivity contribution in [2.45, 2.75) is 6.42 Å². The maximum Gasteiger partial charge on any atom is 0.269 e. The van der Waals surface area contributed by atoms with Crippen molar-refractivity contribution in [1.82, 2.24) is 15.6 Å². The van der Waals surface area contributed by atoms with Gasteiger partial charge in [0.15, 0.2) is 0 Å². The molecule has 0 bridgehead atoms. The van der Waals surface area contributed by atoms with Gasteiger partial charge in [0.1, 0.15) is 10.8 Å². The number of para-hydroxylation sites is 1. The molecule has 0 aliphatic rings. The van der Waals surface area contributed by atoms with Gasteiger partial charge in [0.2, 0.25) is 11.0 Å². The molecule has 0 fully saturated rings. The van der Waals surface area contributed by atoms with Gasteiger partial charge >= 0.3 is 0 Å². The Morgan fingerprint density at radius 2 is 1.94 bits per heavy atom. The van der Waals surface area contributed by atoms with E-state index < -0.39 is 16.7 Å². The number of nitrogens with one attached hydrogen (secondary N) is 2. The van der Waals surface area contributed by atoms with Crippen molar-refractivity contribution in [3.05, 3.63) is 74.8 Å². The fourth-order valence-electron chi connectivity index (χ4n) is 2.40. The summed E-state index contributed by atoms with van der Waals surface area (Å²) in [6.45, 7) is 0. The molecule has 2 amide bonds. The van der Waals surface area contributed by atoms with E-state index in [1.165, 1.54) is 30.5 Å². The summed E-state index contributed by atoms with van der Waals surface area (Å²) in [5, 5.41) is 25.4. The minimum absolute atomic E-state index is 0.0751. The van der Waals surface area contributed by atoms with Gasteiger partial charge in [0, 0.05) is 23.3 Å². The molecule has 158 valence electrons. The van der Waals surface area contributed by atoms with Crippen molar-refractivity contribution in [1.29, 1.82) is 0 Å². The van der Waals surface area contributed by atoms with Crippen molar-refractivity contribution in [2.24, 2.45) is 5.10 Å². The zero-order chi connectivity index (χ0) is 22.2. The molecule has 0 atom stereocenters. The topological polar surface area (TPSA) is 149 Å². The lowest BCUT2D eigenvalue weighted by Gasteiger charge is -2.02. The van der Waals surface area contributed by atoms with E-state index in [1.807, 2.05) is 12.1 Å². The third-order valence-electron chi connectivity index (χ3n) is 3.87. The van der Waals surface area contributed by atoms with Crippen LogP contribution in [0.15, 0.2) is 53.6 Å². The molecule has 0 spiro atoms. The van der Waals surface area contributed by atoms with Crippen molar-refractivity contribution in [3.63, 3.8) is 0 Å². The number of methoxy groups -OCH3 is 1. The summed E-state index contributed by atoms with van der Waals surface area (Å²) in [7, 11) is 1.54. The van der Waals surface area contributed by atoms with Crippen molar-refractivity contribution in [2.75, 3.05) is 12.4 Å². The number of ether oxygens (including phenoxy) is 1. The van der Waals surface area contributed by atoms with Gasteiger partial charge in [-0.05, 0) is 24.3 Å². The Kier molecular flexibility index (Phi) is 6.96. The van der Waals surface area contributed by atoms with Crippen LogP contribution in [-0.2, 0) is 11.2 Å². The number of amides is 2. The molecule has 0 unspecified atom stereocenters. The lowest BCUT2D eigenvalue weighted by molar-refractivity contribution is -0.384. The largest absolute Gasteiger partial charge is 0.496 e. The molecular formula is C19H16N6O5S. The summed E-state index contributed by atoms with van der Waals surface area (Å²) in [4.78, 5) is 34.4. The lowest BCUT2D eigenvalue weighted by Crippen LogP contribution is -2.19. The predicted molar refractivity (Wildman–Crippen MR) is 113 cm³/mol.